The zero-order valence-electron chi connectivity index (χ0n) is 8.56. The first-order chi connectivity index (χ1) is 7.20. The first kappa shape index (κ1) is 9.72. The maximum Gasteiger partial charge on any atom is 0.259 e. The molecule has 0 saturated carbocycles. The monoisotopic (exact) mass is 205 g/mol. The van der Waals surface area contributed by atoms with Crippen molar-refractivity contribution in [2.75, 3.05) is 0 Å². The lowest BCUT2D eigenvalue weighted by Gasteiger charge is -1.98. The second-order valence-corrected chi connectivity index (χ2v) is 3.20. The Labute approximate surface area is 86.5 Å². The van der Waals surface area contributed by atoms with Gasteiger partial charge in [-0.1, -0.05) is 5.16 Å². The number of aromatic nitrogens is 4. The van der Waals surface area contributed by atoms with E-state index in [1.807, 2.05) is 19.9 Å². The summed E-state index contributed by atoms with van der Waals surface area (Å²) in [4.78, 5) is 4.13. The van der Waals surface area contributed by atoms with Crippen molar-refractivity contribution in [1.82, 2.24) is 20.3 Å². The van der Waals surface area contributed by atoms with Gasteiger partial charge >= 0.3 is 0 Å². The molecule has 6 nitrogen and oxygen atoms in total. The third-order valence-corrected chi connectivity index (χ3v) is 1.98. The Morgan fingerprint density at radius 3 is 2.80 bits per heavy atom. The molecular formula is C9H11N5O. The van der Waals surface area contributed by atoms with Crippen LogP contribution < -0.4 is 5.73 Å². The summed E-state index contributed by atoms with van der Waals surface area (Å²) in [6.45, 7) is 3.96. The molecule has 2 aromatic rings. The van der Waals surface area contributed by atoms with E-state index in [9.17, 15) is 0 Å². The fourth-order valence-corrected chi connectivity index (χ4v) is 1.21. The fourth-order valence-electron chi connectivity index (χ4n) is 1.21. The molecule has 0 radical (unpaired) electrons. The molecule has 2 aromatic heterocycles. The smallest absolute Gasteiger partial charge is 0.259 e. The van der Waals surface area contributed by atoms with Gasteiger partial charge in [-0.05, 0) is 19.9 Å². The zero-order chi connectivity index (χ0) is 10.8. The van der Waals surface area contributed by atoms with Crippen molar-refractivity contribution in [2.24, 2.45) is 5.73 Å². The Balaban J connectivity index is 2.48. The Morgan fingerprint density at radius 2 is 2.13 bits per heavy atom. The molecule has 0 spiro atoms. The van der Waals surface area contributed by atoms with Gasteiger partial charge in [0.05, 0.1) is 23.5 Å². The van der Waals surface area contributed by atoms with Crippen LogP contribution in [0.5, 0.6) is 0 Å². The first-order valence-electron chi connectivity index (χ1n) is 4.54. The van der Waals surface area contributed by atoms with E-state index in [1.165, 1.54) is 0 Å². The van der Waals surface area contributed by atoms with Crippen LogP contribution in [0.1, 0.15) is 17.2 Å². The fraction of sp³-hybridized carbons (Fsp3) is 0.333. The molecule has 0 aliphatic rings. The van der Waals surface area contributed by atoms with E-state index in [1.54, 1.807) is 0 Å². The number of nitrogens with zero attached hydrogens (tertiary/aromatic N) is 4. The number of hydrogen-bond acceptors (Lipinski definition) is 6. The lowest BCUT2D eigenvalue weighted by atomic mass is 10.2. The van der Waals surface area contributed by atoms with E-state index < -0.39 is 0 Å². The molecule has 2 N–H and O–H groups in total. The van der Waals surface area contributed by atoms with Gasteiger partial charge in [0.1, 0.15) is 0 Å². The maximum atomic E-state index is 5.40. The molecule has 6 heteroatoms. The van der Waals surface area contributed by atoms with E-state index in [0.717, 1.165) is 17.0 Å². The molecule has 0 saturated heterocycles. The van der Waals surface area contributed by atoms with Crippen molar-refractivity contribution in [2.45, 2.75) is 20.4 Å². The Morgan fingerprint density at radius 1 is 1.33 bits per heavy atom. The highest BCUT2D eigenvalue weighted by atomic mass is 16.5. The number of hydrogen-bond donors (Lipinski definition) is 1. The van der Waals surface area contributed by atoms with Crippen LogP contribution in [0.25, 0.3) is 11.5 Å². The van der Waals surface area contributed by atoms with Crippen LogP contribution in [-0.2, 0) is 6.54 Å². The number of rotatable bonds is 2. The molecule has 0 fully saturated rings. The second kappa shape index (κ2) is 3.74. The second-order valence-electron chi connectivity index (χ2n) is 3.20. The van der Waals surface area contributed by atoms with Crippen LogP contribution in [0.2, 0.25) is 0 Å². The van der Waals surface area contributed by atoms with Crippen molar-refractivity contribution in [3.8, 4) is 11.5 Å². The van der Waals surface area contributed by atoms with E-state index in [2.05, 4.69) is 20.3 Å². The largest absolute Gasteiger partial charge is 0.334 e. The average molecular weight is 205 g/mol. The van der Waals surface area contributed by atoms with Gasteiger partial charge in [0.25, 0.3) is 5.89 Å². The molecule has 0 unspecified atom stereocenters. The summed E-state index contributed by atoms with van der Waals surface area (Å²) >= 11 is 0. The Hall–Kier alpha value is -1.82. The van der Waals surface area contributed by atoms with Crippen molar-refractivity contribution in [3.05, 3.63) is 23.3 Å². The van der Waals surface area contributed by atoms with E-state index in [-0.39, 0.29) is 6.54 Å². The third kappa shape index (κ3) is 1.84. The van der Waals surface area contributed by atoms with Crippen molar-refractivity contribution >= 4 is 0 Å². The van der Waals surface area contributed by atoms with Crippen LogP contribution in [0.15, 0.2) is 10.6 Å². The quantitative estimate of drug-likeness (QED) is 0.772. The van der Waals surface area contributed by atoms with Crippen molar-refractivity contribution in [3.63, 3.8) is 0 Å². The Kier molecular flexibility index (Phi) is 2.42. The summed E-state index contributed by atoms with van der Waals surface area (Å²) in [6.07, 6.45) is 0. The lowest BCUT2D eigenvalue weighted by Crippen LogP contribution is -1.98. The maximum absolute atomic E-state index is 5.40. The minimum Gasteiger partial charge on any atom is -0.334 e. The van der Waals surface area contributed by atoms with Crippen LogP contribution in [0, 0.1) is 13.8 Å². The van der Waals surface area contributed by atoms with Gasteiger partial charge in [-0.3, -0.25) is 0 Å². The van der Waals surface area contributed by atoms with Gasteiger partial charge in [0.15, 0.2) is 5.82 Å². The summed E-state index contributed by atoms with van der Waals surface area (Å²) in [6, 6.07) is 1.86. The van der Waals surface area contributed by atoms with E-state index >= 15 is 0 Å². The van der Waals surface area contributed by atoms with Crippen LogP contribution in [0.3, 0.4) is 0 Å². The predicted molar refractivity (Wildman–Crippen MR) is 52.7 cm³/mol. The number of nitrogens with two attached hydrogens (primary N) is 1. The highest BCUT2D eigenvalue weighted by molar-refractivity contribution is 5.55. The van der Waals surface area contributed by atoms with Gasteiger partial charge in [-0.15, -0.1) is 0 Å². The standard InChI is InChI=1S/C9H11N5O/c1-5-3-7(6(2)13-12-5)9-11-8(4-10)14-15-9/h3H,4,10H2,1-2H3. The number of aryl methyl sites for hydroxylation is 2. The summed E-state index contributed by atoms with van der Waals surface area (Å²) in [5.41, 5.74) is 7.76. The van der Waals surface area contributed by atoms with Crippen LogP contribution in [-0.4, -0.2) is 20.3 Å². The SMILES string of the molecule is Cc1cc(-c2nc(CN)no2)c(C)nn1. The summed E-state index contributed by atoms with van der Waals surface area (Å²) in [5, 5.41) is 11.6. The molecule has 15 heavy (non-hydrogen) atoms. The molecule has 0 aliphatic heterocycles. The third-order valence-electron chi connectivity index (χ3n) is 1.98. The zero-order valence-corrected chi connectivity index (χ0v) is 8.56. The topological polar surface area (TPSA) is 90.7 Å². The van der Waals surface area contributed by atoms with Crippen LogP contribution in [0.4, 0.5) is 0 Å². The minimum atomic E-state index is 0.264. The summed E-state index contributed by atoms with van der Waals surface area (Å²) in [7, 11) is 0. The molecule has 0 aliphatic carbocycles. The van der Waals surface area contributed by atoms with Crippen molar-refractivity contribution in [1.29, 1.82) is 0 Å². The molecule has 2 heterocycles. The minimum absolute atomic E-state index is 0.264. The predicted octanol–water partition coefficient (Wildman–Crippen LogP) is 0.602. The molecule has 0 amide bonds. The molecule has 0 atom stereocenters. The van der Waals surface area contributed by atoms with Gasteiger partial charge in [-0.2, -0.15) is 15.2 Å². The summed E-state index contributed by atoms with van der Waals surface area (Å²) in [5.74, 6) is 0.921. The van der Waals surface area contributed by atoms with E-state index in [4.69, 9.17) is 10.3 Å². The molecule has 78 valence electrons. The van der Waals surface area contributed by atoms with Crippen molar-refractivity contribution < 1.29 is 4.52 Å². The highest BCUT2D eigenvalue weighted by Crippen LogP contribution is 2.19. The van der Waals surface area contributed by atoms with Crippen LogP contribution >= 0.6 is 0 Å². The lowest BCUT2D eigenvalue weighted by molar-refractivity contribution is 0.422. The van der Waals surface area contributed by atoms with Gasteiger partial charge in [0.2, 0.25) is 0 Å². The van der Waals surface area contributed by atoms with Gasteiger partial charge < -0.3 is 10.3 Å². The first-order valence-corrected chi connectivity index (χ1v) is 4.54. The molecular weight excluding hydrogens is 194 g/mol. The van der Waals surface area contributed by atoms with E-state index in [0.29, 0.717) is 11.7 Å². The highest BCUT2D eigenvalue weighted by Gasteiger charge is 2.11. The van der Waals surface area contributed by atoms with Gasteiger partial charge in [0, 0.05) is 0 Å². The average Bonchev–Trinajstić information content (AvgIpc) is 2.70. The summed E-state index contributed by atoms with van der Waals surface area (Å²) < 4.78 is 5.07. The molecule has 2 rings (SSSR count). The Bertz CT molecular complexity index is 479. The normalized spacial score (nSPS) is 10.6. The molecule has 0 aromatic carbocycles. The van der Waals surface area contributed by atoms with Gasteiger partial charge in [-0.25, -0.2) is 0 Å². The molecule has 0 bridgehead atoms.